The van der Waals surface area contributed by atoms with E-state index in [-0.39, 0.29) is 11.5 Å². The zero-order valence-corrected chi connectivity index (χ0v) is 12.0. The van der Waals surface area contributed by atoms with Gasteiger partial charge >= 0.3 is 24.3 Å². The van der Waals surface area contributed by atoms with Crippen molar-refractivity contribution in [1.29, 1.82) is 0 Å². The van der Waals surface area contributed by atoms with Gasteiger partial charge in [-0.1, -0.05) is 0 Å². The van der Waals surface area contributed by atoms with Crippen molar-refractivity contribution in [3.8, 4) is 11.5 Å². The Labute approximate surface area is 130 Å². The number of amides is 1. The number of nitrogens with one attached hydrogen (secondary N) is 1. The molecule has 136 valence electrons. The minimum absolute atomic E-state index is 0.183. The quantitative estimate of drug-likeness (QED) is 0.785. The number of rotatable bonds is 6. The normalized spacial score (nSPS) is 12.7. The smallest absolute Gasteiger partial charge is 0.497 e. The third-order valence-electron chi connectivity index (χ3n) is 2.55. The molecule has 0 atom stereocenters. The highest BCUT2D eigenvalue weighted by Gasteiger charge is 2.67. The molecule has 0 heterocycles. The largest absolute Gasteiger partial charge is 0.527 e. The van der Waals surface area contributed by atoms with E-state index in [2.05, 4.69) is 0 Å². The van der Waals surface area contributed by atoms with Crippen LogP contribution in [0.4, 0.5) is 36.4 Å². The molecule has 24 heavy (non-hydrogen) atoms. The van der Waals surface area contributed by atoms with Gasteiger partial charge in [0.25, 0.3) is 0 Å². The first-order valence-corrected chi connectivity index (χ1v) is 5.90. The Morgan fingerprint density at radius 2 is 1.58 bits per heavy atom. The molecule has 0 aliphatic rings. The van der Waals surface area contributed by atoms with Gasteiger partial charge < -0.3 is 14.8 Å². The number of halogens is 7. The van der Waals surface area contributed by atoms with Crippen molar-refractivity contribution in [3.05, 3.63) is 18.2 Å². The SMILES string of the molecule is COc1ccc(NC(=O)C(F)(F)C(F)(F)OC(F)(F)F)c(OC)c1. The second kappa shape index (κ2) is 6.71. The van der Waals surface area contributed by atoms with Crippen LogP contribution in [-0.2, 0) is 9.53 Å². The lowest BCUT2D eigenvalue weighted by atomic mass is 10.2. The third-order valence-corrected chi connectivity index (χ3v) is 2.55. The predicted octanol–water partition coefficient (Wildman–Crippen LogP) is 3.41. The van der Waals surface area contributed by atoms with E-state index < -0.39 is 30.0 Å². The minimum atomic E-state index is -6.12. The highest BCUT2D eigenvalue weighted by atomic mass is 19.4. The first-order chi connectivity index (χ1) is 10.8. The Bertz CT molecular complexity index is 604. The van der Waals surface area contributed by atoms with E-state index in [0.29, 0.717) is 0 Å². The van der Waals surface area contributed by atoms with Gasteiger partial charge in [-0.25, -0.2) is 4.74 Å². The molecule has 12 heteroatoms. The number of anilines is 1. The first-order valence-electron chi connectivity index (χ1n) is 5.90. The van der Waals surface area contributed by atoms with Gasteiger partial charge in [0, 0.05) is 6.07 Å². The maximum atomic E-state index is 13.3. The zero-order chi connectivity index (χ0) is 18.8. The molecular weight excluding hydrogens is 355 g/mol. The average molecular weight is 365 g/mol. The van der Waals surface area contributed by atoms with Gasteiger partial charge in [-0.3, -0.25) is 4.79 Å². The summed E-state index contributed by atoms with van der Waals surface area (Å²) < 4.78 is 99.5. The van der Waals surface area contributed by atoms with E-state index in [1.165, 1.54) is 18.5 Å². The number of alkyl halides is 7. The Hall–Kier alpha value is -2.24. The van der Waals surface area contributed by atoms with E-state index in [0.717, 1.165) is 19.2 Å². The number of carbonyl (C=O) groups excluding carboxylic acids is 1. The number of methoxy groups -OCH3 is 2. The van der Waals surface area contributed by atoms with Crippen LogP contribution < -0.4 is 14.8 Å². The number of hydrogen-bond donors (Lipinski definition) is 1. The minimum Gasteiger partial charge on any atom is -0.497 e. The summed E-state index contributed by atoms with van der Waals surface area (Å²) in [5, 5.41) is 1.35. The summed E-state index contributed by atoms with van der Waals surface area (Å²) in [6.07, 6.45) is -12.2. The van der Waals surface area contributed by atoms with Crippen molar-refractivity contribution in [2.24, 2.45) is 0 Å². The summed E-state index contributed by atoms with van der Waals surface area (Å²) in [6, 6.07) is 3.26. The molecule has 1 aromatic carbocycles. The zero-order valence-electron chi connectivity index (χ0n) is 12.0. The van der Waals surface area contributed by atoms with Crippen LogP contribution in [0.1, 0.15) is 0 Å². The third kappa shape index (κ3) is 4.40. The van der Waals surface area contributed by atoms with Gasteiger partial charge in [0.15, 0.2) is 0 Å². The molecule has 0 saturated heterocycles. The van der Waals surface area contributed by atoms with E-state index in [1.807, 2.05) is 4.74 Å². The molecular formula is C12H10F7NO4. The molecule has 0 saturated carbocycles. The molecule has 0 spiro atoms. The van der Waals surface area contributed by atoms with Crippen LogP contribution >= 0.6 is 0 Å². The van der Waals surface area contributed by atoms with Crippen LogP contribution in [0.2, 0.25) is 0 Å². The van der Waals surface area contributed by atoms with Crippen LogP contribution in [0.5, 0.6) is 11.5 Å². The molecule has 1 aromatic rings. The Morgan fingerprint density at radius 1 is 1.00 bits per heavy atom. The molecule has 0 aliphatic heterocycles. The fourth-order valence-electron chi connectivity index (χ4n) is 1.44. The standard InChI is InChI=1S/C12H10F7NO4/c1-22-6-3-4-7(8(5-6)23-2)20-9(21)10(13,14)11(15,16)24-12(17,18)19/h3-5H,1-2H3,(H,20,21). The maximum absolute atomic E-state index is 13.3. The Balaban J connectivity index is 3.05. The highest BCUT2D eigenvalue weighted by molar-refractivity contribution is 5.98. The van der Waals surface area contributed by atoms with E-state index in [1.54, 1.807) is 0 Å². The molecule has 1 N–H and O–H groups in total. The van der Waals surface area contributed by atoms with Crippen LogP contribution in [0.25, 0.3) is 0 Å². The summed E-state index contributed by atoms with van der Waals surface area (Å²) >= 11 is 0. The number of carbonyl (C=O) groups is 1. The van der Waals surface area contributed by atoms with Gasteiger partial charge in [0.05, 0.1) is 19.9 Å². The first kappa shape index (κ1) is 19.8. The Morgan fingerprint density at radius 3 is 2.04 bits per heavy atom. The fraction of sp³-hybridized carbons (Fsp3) is 0.417. The Kier molecular flexibility index (Phi) is 5.54. The van der Waals surface area contributed by atoms with Gasteiger partial charge in [-0.15, -0.1) is 13.2 Å². The second-order valence-corrected chi connectivity index (χ2v) is 4.16. The summed E-state index contributed by atoms with van der Waals surface area (Å²) in [5.74, 6) is -8.60. The van der Waals surface area contributed by atoms with E-state index in [4.69, 9.17) is 9.47 Å². The molecule has 0 aromatic heterocycles. The second-order valence-electron chi connectivity index (χ2n) is 4.16. The van der Waals surface area contributed by atoms with Crippen molar-refractivity contribution in [2.75, 3.05) is 19.5 Å². The molecule has 0 fully saturated rings. The van der Waals surface area contributed by atoms with Crippen molar-refractivity contribution in [3.63, 3.8) is 0 Å². The number of ether oxygens (including phenoxy) is 3. The van der Waals surface area contributed by atoms with Gasteiger partial charge in [0.1, 0.15) is 11.5 Å². The monoisotopic (exact) mass is 365 g/mol. The van der Waals surface area contributed by atoms with Gasteiger partial charge in [-0.05, 0) is 12.1 Å². The maximum Gasteiger partial charge on any atom is 0.527 e. The van der Waals surface area contributed by atoms with Crippen LogP contribution in [-0.4, -0.2) is 38.5 Å². The number of benzene rings is 1. The lowest BCUT2D eigenvalue weighted by Crippen LogP contribution is -2.53. The van der Waals surface area contributed by atoms with Crippen LogP contribution in [0.15, 0.2) is 18.2 Å². The van der Waals surface area contributed by atoms with E-state index >= 15 is 0 Å². The summed E-state index contributed by atoms with van der Waals surface area (Å²) in [4.78, 5) is 11.3. The molecule has 0 radical (unpaired) electrons. The molecule has 1 rings (SSSR count). The topological polar surface area (TPSA) is 56.8 Å². The lowest BCUT2D eigenvalue weighted by Gasteiger charge is -2.25. The van der Waals surface area contributed by atoms with Crippen LogP contribution in [0.3, 0.4) is 0 Å². The molecule has 0 aliphatic carbocycles. The fourth-order valence-corrected chi connectivity index (χ4v) is 1.44. The molecule has 1 amide bonds. The molecule has 0 bridgehead atoms. The summed E-state index contributed by atoms with van der Waals surface area (Å²) in [7, 11) is 2.33. The van der Waals surface area contributed by atoms with Crippen molar-refractivity contribution in [2.45, 2.75) is 18.4 Å². The average Bonchev–Trinajstić information content (AvgIpc) is 2.44. The predicted molar refractivity (Wildman–Crippen MR) is 65.2 cm³/mol. The lowest BCUT2D eigenvalue weighted by molar-refractivity contribution is -0.457. The molecule has 5 nitrogen and oxygen atoms in total. The summed E-state index contributed by atoms with van der Waals surface area (Å²) in [5.41, 5.74) is -0.495. The highest BCUT2D eigenvalue weighted by Crippen LogP contribution is 2.41. The van der Waals surface area contributed by atoms with Crippen molar-refractivity contribution >= 4 is 11.6 Å². The van der Waals surface area contributed by atoms with Gasteiger partial charge in [0.2, 0.25) is 0 Å². The summed E-state index contributed by atoms with van der Waals surface area (Å²) in [6.45, 7) is 0. The van der Waals surface area contributed by atoms with E-state index in [9.17, 15) is 35.5 Å². The van der Waals surface area contributed by atoms with Gasteiger partial charge in [-0.2, -0.15) is 17.6 Å². The van der Waals surface area contributed by atoms with Crippen molar-refractivity contribution < 1.29 is 49.7 Å². The van der Waals surface area contributed by atoms with Crippen LogP contribution in [0, 0.1) is 0 Å². The van der Waals surface area contributed by atoms with Crippen molar-refractivity contribution in [1.82, 2.24) is 0 Å². The molecule has 0 unspecified atom stereocenters. The number of hydrogen-bond acceptors (Lipinski definition) is 4.